The first-order valence-corrected chi connectivity index (χ1v) is 6.72. The molecule has 0 aliphatic rings. The van der Waals surface area contributed by atoms with Gasteiger partial charge in [-0.15, -0.1) is 0 Å². The van der Waals surface area contributed by atoms with Gasteiger partial charge in [-0.05, 0) is 6.07 Å². The van der Waals surface area contributed by atoms with Crippen molar-refractivity contribution in [2.24, 2.45) is 4.99 Å². The zero-order chi connectivity index (χ0) is 16.1. The van der Waals surface area contributed by atoms with Gasteiger partial charge in [-0.1, -0.05) is 17.6 Å². The average molecular weight is 299 g/mol. The molecule has 5 nitrogen and oxygen atoms in total. The maximum Gasteiger partial charge on any atom is 0.203 e. The normalized spacial score (nSPS) is 10.7. The summed E-state index contributed by atoms with van der Waals surface area (Å²) in [5, 5.41) is 9.84. The molecule has 2 rings (SSSR count). The van der Waals surface area contributed by atoms with Crippen LogP contribution in [0.3, 0.4) is 0 Å². The second kappa shape index (κ2) is 6.89. The molecule has 0 aliphatic carbocycles. The Kier molecular flexibility index (Phi) is 4.93. The summed E-state index contributed by atoms with van der Waals surface area (Å²) in [4.78, 5) is 4.37. The van der Waals surface area contributed by atoms with Gasteiger partial charge in [0.25, 0.3) is 0 Å². The van der Waals surface area contributed by atoms with Gasteiger partial charge in [0.1, 0.15) is 13.6 Å². The highest BCUT2D eigenvalue weighted by molar-refractivity contribution is 6.32. The molecule has 2 aromatic carbocycles. The Hall–Kier alpha value is -2.63. The summed E-state index contributed by atoms with van der Waals surface area (Å²) in [5.74, 6) is 1.76. The van der Waals surface area contributed by atoms with E-state index in [1.807, 2.05) is 20.0 Å². The van der Waals surface area contributed by atoms with Gasteiger partial charge in [0, 0.05) is 23.9 Å². The second-order valence-corrected chi connectivity index (χ2v) is 4.70. The third kappa shape index (κ3) is 3.34. The first-order chi connectivity index (χ1) is 10.6. The predicted molar refractivity (Wildman–Crippen MR) is 89.6 cm³/mol. The number of ether oxygens (including phenoxy) is 3. The number of benzene rings is 2. The van der Waals surface area contributed by atoms with E-state index in [2.05, 4.69) is 4.99 Å². The highest BCUT2D eigenvalue weighted by Crippen LogP contribution is 2.40. The topological polar surface area (TPSA) is 60.3 Å². The lowest BCUT2D eigenvalue weighted by atomic mass is 9.94. The smallest absolute Gasteiger partial charge is 0.203 e. The summed E-state index contributed by atoms with van der Waals surface area (Å²) in [6.45, 7) is 0. The van der Waals surface area contributed by atoms with Crippen LogP contribution in [-0.2, 0) is 0 Å². The van der Waals surface area contributed by atoms with Crippen LogP contribution in [0.5, 0.6) is 23.0 Å². The molecule has 0 amide bonds. The molecule has 22 heavy (non-hydrogen) atoms. The van der Waals surface area contributed by atoms with Crippen LogP contribution in [-0.4, -0.2) is 40.5 Å². The highest BCUT2D eigenvalue weighted by Gasteiger charge is 2.12. The van der Waals surface area contributed by atoms with E-state index in [4.69, 9.17) is 14.2 Å². The van der Waals surface area contributed by atoms with Gasteiger partial charge < -0.3 is 19.3 Å². The van der Waals surface area contributed by atoms with Crippen molar-refractivity contribution < 1.29 is 19.3 Å². The van der Waals surface area contributed by atoms with Crippen LogP contribution in [0.25, 0.3) is 0 Å². The van der Waals surface area contributed by atoms with Crippen molar-refractivity contribution in [2.75, 3.05) is 21.3 Å². The minimum absolute atomic E-state index is 0.182. The number of nitrogens with zero attached hydrogens (tertiary/aromatic N) is 1. The lowest BCUT2D eigenvalue weighted by Gasteiger charge is -2.12. The highest BCUT2D eigenvalue weighted by atomic mass is 16.5. The van der Waals surface area contributed by atoms with Crippen LogP contribution in [0.4, 0.5) is 5.69 Å². The molecule has 1 N–H and O–H groups in total. The summed E-state index contributed by atoms with van der Waals surface area (Å²) in [6.07, 6.45) is 1.60. The summed E-state index contributed by atoms with van der Waals surface area (Å²) < 4.78 is 15.8. The summed E-state index contributed by atoms with van der Waals surface area (Å²) >= 11 is 0. The molecule has 0 radical (unpaired) electrons. The standard InChI is InChI=1S/C16H18BNO4/c1-20-14-7-12(8-15(21-2)16(14)22-3)18-9-10-6-11(17)4-5-13(10)19/h4-9,19H,17H2,1-3H3/b18-9+. The van der Waals surface area contributed by atoms with E-state index in [1.54, 1.807) is 45.7 Å². The maximum absolute atomic E-state index is 9.84. The van der Waals surface area contributed by atoms with Gasteiger partial charge >= 0.3 is 0 Å². The van der Waals surface area contributed by atoms with Crippen molar-refractivity contribution in [3.63, 3.8) is 0 Å². The van der Waals surface area contributed by atoms with E-state index >= 15 is 0 Å². The SMILES string of the molecule is Bc1ccc(O)c(/C=N/c2cc(OC)c(OC)c(OC)c2)c1. The fourth-order valence-corrected chi connectivity index (χ4v) is 2.06. The van der Waals surface area contributed by atoms with Crippen molar-refractivity contribution in [2.45, 2.75) is 0 Å². The lowest BCUT2D eigenvalue weighted by Crippen LogP contribution is -2.02. The summed E-state index contributed by atoms with van der Waals surface area (Å²) in [7, 11) is 6.61. The zero-order valence-corrected chi connectivity index (χ0v) is 13.1. The quantitative estimate of drug-likeness (QED) is 0.670. The Morgan fingerprint density at radius 1 is 1.00 bits per heavy atom. The summed E-state index contributed by atoms with van der Waals surface area (Å²) in [6, 6.07) is 8.82. The van der Waals surface area contributed by atoms with Gasteiger partial charge in [-0.3, -0.25) is 4.99 Å². The Balaban J connectivity index is 2.40. The number of hydrogen-bond acceptors (Lipinski definition) is 5. The minimum Gasteiger partial charge on any atom is -0.507 e. The fourth-order valence-electron chi connectivity index (χ4n) is 2.06. The van der Waals surface area contributed by atoms with Gasteiger partial charge in [-0.25, -0.2) is 0 Å². The number of hydrogen-bond donors (Lipinski definition) is 1. The van der Waals surface area contributed by atoms with Crippen molar-refractivity contribution in [1.29, 1.82) is 0 Å². The molecular weight excluding hydrogens is 281 g/mol. The lowest BCUT2D eigenvalue weighted by molar-refractivity contribution is 0.324. The van der Waals surface area contributed by atoms with Gasteiger partial charge in [0.2, 0.25) is 5.75 Å². The largest absolute Gasteiger partial charge is 0.507 e. The first-order valence-electron chi connectivity index (χ1n) is 6.72. The average Bonchev–Trinajstić information content (AvgIpc) is 2.54. The Morgan fingerprint density at radius 3 is 2.18 bits per heavy atom. The second-order valence-electron chi connectivity index (χ2n) is 4.70. The van der Waals surface area contributed by atoms with Crippen LogP contribution in [0.15, 0.2) is 35.3 Å². The van der Waals surface area contributed by atoms with E-state index < -0.39 is 0 Å². The first kappa shape index (κ1) is 15.8. The van der Waals surface area contributed by atoms with Crippen LogP contribution in [0, 0.1) is 0 Å². The third-order valence-electron chi connectivity index (χ3n) is 3.19. The molecule has 6 heteroatoms. The van der Waals surface area contributed by atoms with E-state index in [-0.39, 0.29) is 5.75 Å². The number of methoxy groups -OCH3 is 3. The molecule has 0 aromatic heterocycles. The van der Waals surface area contributed by atoms with Crippen LogP contribution in [0.1, 0.15) is 5.56 Å². The fraction of sp³-hybridized carbons (Fsp3) is 0.188. The number of rotatable bonds is 5. The Morgan fingerprint density at radius 2 is 1.64 bits per heavy atom. The van der Waals surface area contributed by atoms with E-state index in [0.29, 0.717) is 28.5 Å². The zero-order valence-electron chi connectivity index (χ0n) is 13.1. The molecule has 0 fully saturated rings. The van der Waals surface area contributed by atoms with Crippen molar-refractivity contribution in [3.05, 3.63) is 35.9 Å². The number of aliphatic imine (C=N–C) groups is 1. The van der Waals surface area contributed by atoms with Crippen molar-refractivity contribution >= 4 is 25.2 Å². The number of phenolic OH excluding ortho intramolecular Hbond substituents is 1. The Labute approximate surface area is 130 Å². The van der Waals surface area contributed by atoms with Crippen molar-refractivity contribution in [3.8, 4) is 23.0 Å². The van der Waals surface area contributed by atoms with Gasteiger partial charge in [0.15, 0.2) is 11.5 Å². The van der Waals surface area contributed by atoms with Crippen molar-refractivity contribution in [1.82, 2.24) is 0 Å². The maximum atomic E-state index is 9.84. The molecular formula is C16H18BNO4. The molecule has 114 valence electrons. The monoisotopic (exact) mass is 299 g/mol. The molecule has 0 spiro atoms. The molecule has 0 bridgehead atoms. The Bertz CT molecular complexity index is 676. The molecule has 2 aromatic rings. The van der Waals surface area contributed by atoms with Crippen LogP contribution < -0.4 is 19.7 Å². The van der Waals surface area contributed by atoms with Gasteiger partial charge in [-0.2, -0.15) is 0 Å². The molecule has 0 heterocycles. The minimum atomic E-state index is 0.182. The molecule has 0 saturated heterocycles. The third-order valence-corrected chi connectivity index (χ3v) is 3.19. The molecule has 0 aliphatic heterocycles. The van der Waals surface area contributed by atoms with Gasteiger partial charge in [0.05, 0.1) is 27.0 Å². The predicted octanol–water partition coefficient (Wildman–Crippen LogP) is 1.43. The van der Waals surface area contributed by atoms with E-state index in [9.17, 15) is 5.11 Å². The molecule has 0 unspecified atom stereocenters. The molecule has 0 saturated carbocycles. The number of aromatic hydroxyl groups is 1. The van der Waals surface area contributed by atoms with E-state index in [1.165, 1.54) is 0 Å². The van der Waals surface area contributed by atoms with Crippen LogP contribution in [0.2, 0.25) is 0 Å². The molecule has 0 atom stereocenters. The van der Waals surface area contributed by atoms with Crippen LogP contribution >= 0.6 is 0 Å². The van der Waals surface area contributed by atoms with E-state index in [0.717, 1.165) is 5.46 Å². The number of phenols is 1. The summed E-state index contributed by atoms with van der Waals surface area (Å²) in [5.41, 5.74) is 2.33.